The Balaban J connectivity index is 0.000000263. The Bertz CT molecular complexity index is 1170. The molecule has 0 aliphatic carbocycles. The third-order valence-corrected chi connectivity index (χ3v) is 5.96. The second-order valence-corrected chi connectivity index (χ2v) is 9.22. The van der Waals surface area contributed by atoms with Gasteiger partial charge in [-0.25, -0.2) is 4.79 Å². The van der Waals surface area contributed by atoms with E-state index in [0.717, 1.165) is 34.7 Å². The van der Waals surface area contributed by atoms with Crippen LogP contribution < -0.4 is 9.47 Å². The number of likely N-dealkylation sites (N-methyl/N-ethyl adjacent to an activating group) is 1. The highest BCUT2D eigenvalue weighted by atomic mass is 16.7. The zero-order valence-corrected chi connectivity index (χ0v) is 21.2. The van der Waals surface area contributed by atoms with Crippen LogP contribution in [0.4, 0.5) is 0 Å². The fraction of sp³-hybridized carbons (Fsp3) is 0.423. The number of benzene rings is 2. The van der Waals surface area contributed by atoms with Gasteiger partial charge in [0.2, 0.25) is 5.79 Å². The number of methoxy groups -OCH3 is 1. The van der Waals surface area contributed by atoms with E-state index in [1.54, 1.807) is 7.11 Å². The first-order chi connectivity index (χ1) is 17.9. The summed E-state index contributed by atoms with van der Waals surface area (Å²) in [7, 11) is 5.73. The maximum Gasteiger partial charge on any atom is 0.336 e. The fourth-order valence-electron chi connectivity index (χ4n) is 4.29. The van der Waals surface area contributed by atoms with Crippen molar-refractivity contribution in [3.8, 4) is 11.5 Å². The topological polar surface area (TPSA) is 172 Å². The van der Waals surface area contributed by atoms with Gasteiger partial charge in [-0.15, -0.1) is 0 Å². The van der Waals surface area contributed by atoms with Crippen molar-refractivity contribution in [2.45, 2.75) is 36.9 Å². The molecule has 2 aromatic carbocycles. The number of carboxylic acid groups (broad SMARTS) is 3. The molecule has 4 rings (SSSR count). The fourth-order valence-corrected chi connectivity index (χ4v) is 4.29. The van der Waals surface area contributed by atoms with Gasteiger partial charge < -0.3 is 44.3 Å². The van der Waals surface area contributed by atoms with Crippen LogP contribution in [-0.2, 0) is 36.3 Å². The van der Waals surface area contributed by atoms with E-state index in [1.165, 1.54) is 0 Å². The van der Waals surface area contributed by atoms with Gasteiger partial charge in [0.15, 0.2) is 5.60 Å². The Labute approximate surface area is 218 Å². The lowest BCUT2D eigenvalue weighted by atomic mass is 9.93. The normalized spacial score (nSPS) is 19.9. The van der Waals surface area contributed by atoms with Gasteiger partial charge in [0, 0.05) is 12.1 Å². The maximum absolute atomic E-state index is 10.3. The van der Waals surface area contributed by atoms with Crippen molar-refractivity contribution in [1.29, 1.82) is 0 Å². The molecule has 0 saturated carbocycles. The Morgan fingerprint density at radius 3 is 2.29 bits per heavy atom. The minimum atomic E-state index is -2.74. The second-order valence-electron chi connectivity index (χ2n) is 9.22. The van der Waals surface area contributed by atoms with E-state index in [2.05, 4.69) is 17.0 Å². The van der Waals surface area contributed by atoms with Gasteiger partial charge in [0.1, 0.15) is 18.1 Å². The van der Waals surface area contributed by atoms with Crippen LogP contribution in [0.15, 0.2) is 42.5 Å². The zero-order chi connectivity index (χ0) is 28.1. The van der Waals surface area contributed by atoms with Crippen molar-refractivity contribution in [1.82, 2.24) is 4.90 Å². The molecule has 1 fully saturated rings. The van der Waals surface area contributed by atoms with Crippen molar-refractivity contribution in [2.24, 2.45) is 0 Å². The minimum Gasteiger partial charge on any atom is -0.497 e. The lowest BCUT2D eigenvalue weighted by Gasteiger charge is -2.30. The number of fused-ring (bicyclic) bond motifs is 4. The first kappa shape index (κ1) is 28.9. The van der Waals surface area contributed by atoms with Gasteiger partial charge in [0.25, 0.3) is 0 Å². The largest absolute Gasteiger partial charge is 0.497 e. The molecular weight excluding hydrogens is 502 g/mol. The Morgan fingerprint density at radius 1 is 1.05 bits per heavy atom. The van der Waals surface area contributed by atoms with Crippen molar-refractivity contribution < 1.29 is 53.8 Å². The third-order valence-electron chi connectivity index (χ3n) is 5.96. The molecule has 0 bridgehead atoms. The molecule has 1 saturated heterocycles. The van der Waals surface area contributed by atoms with E-state index in [9.17, 15) is 14.4 Å². The first-order valence-corrected chi connectivity index (χ1v) is 11.7. The van der Waals surface area contributed by atoms with Crippen LogP contribution in [-0.4, -0.2) is 89.3 Å². The standard InChI is InChI=1S/C20H23NO4.C6H8O7/c1-21(2)11-16-13-24-20(25-16)17-7-5-4-6-14(17)12-23-19-9-8-15(22-3)10-18(19)20;7-3(8)1-6(13,5(11)12)2-4(9)10/h4-10,16H,11-13H2,1-3H3;13H,1-2H2,(H,7,8)(H,9,10)(H,11,12). The van der Waals surface area contributed by atoms with E-state index in [1.807, 2.05) is 44.4 Å². The summed E-state index contributed by atoms with van der Waals surface area (Å²) in [4.78, 5) is 32.6. The molecule has 12 nitrogen and oxygen atoms in total. The van der Waals surface area contributed by atoms with Gasteiger partial charge in [0.05, 0.1) is 38.2 Å². The predicted octanol–water partition coefficient (Wildman–Crippen LogP) is 1.52. The van der Waals surface area contributed by atoms with Crippen LogP contribution >= 0.6 is 0 Å². The van der Waals surface area contributed by atoms with Crippen LogP contribution in [0.3, 0.4) is 0 Å². The highest BCUT2D eigenvalue weighted by molar-refractivity contribution is 5.88. The van der Waals surface area contributed by atoms with E-state index in [4.69, 9.17) is 39.4 Å². The number of carboxylic acids is 3. The van der Waals surface area contributed by atoms with Crippen LogP contribution in [0.2, 0.25) is 0 Å². The van der Waals surface area contributed by atoms with Crippen molar-refractivity contribution in [3.63, 3.8) is 0 Å². The summed E-state index contributed by atoms with van der Waals surface area (Å²) in [6.45, 7) is 1.82. The molecule has 0 aromatic heterocycles. The average Bonchev–Trinajstić information content (AvgIpc) is 3.20. The molecule has 2 aliphatic heterocycles. The lowest BCUT2D eigenvalue weighted by Crippen LogP contribution is -2.42. The smallest absolute Gasteiger partial charge is 0.336 e. The second kappa shape index (κ2) is 11.8. The van der Waals surface area contributed by atoms with Gasteiger partial charge in [-0.1, -0.05) is 24.3 Å². The minimum absolute atomic E-state index is 0.0137. The number of aliphatic hydroxyl groups is 1. The van der Waals surface area contributed by atoms with Crippen LogP contribution in [0.25, 0.3) is 0 Å². The summed E-state index contributed by atoms with van der Waals surface area (Å²) in [6, 6.07) is 13.9. The molecule has 2 heterocycles. The Hall–Kier alpha value is -3.71. The molecule has 0 amide bonds. The van der Waals surface area contributed by atoms with Gasteiger partial charge in [-0.2, -0.15) is 0 Å². The van der Waals surface area contributed by atoms with Crippen molar-refractivity contribution >= 4 is 17.9 Å². The molecule has 12 heteroatoms. The predicted molar refractivity (Wildman–Crippen MR) is 131 cm³/mol. The molecular formula is C26H31NO11. The zero-order valence-electron chi connectivity index (χ0n) is 21.2. The monoisotopic (exact) mass is 533 g/mol. The van der Waals surface area contributed by atoms with Gasteiger partial charge in [-0.3, -0.25) is 9.59 Å². The first-order valence-electron chi connectivity index (χ1n) is 11.7. The number of rotatable bonds is 8. The lowest BCUT2D eigenvalue weighted by molar-refractivity contribution is -0.170. The summed E-state index contributed by atoms with van der Waals surface area (Å²) in [5.41, 5.74) is 0.196. The molecule has 2 unspecified atom stereocenters. The Kier molecular flexibility index (Phi) is 8.94. The van der Waals surface area contributed by atoms with E-state index < -0.39 is 42.1 Å². The number of aliphatic carboxylic acids is 3. The summed E-state index contributed by atoms with van der Waals surface area (Å²) < 4.78 is 24.4. The highest BCUT2D eigenvalue weighted by Crippen LogP contribution is 2.48. The molecule has 38 heavy (non-hydrogen) atoms. The maximum atomic E-state index is 10.3. The average molecular weight is 534 g/mol. The van der Waals surface area contributed by atoms with Gasteiger partial charge >= 0.3 is 17.9 Å². The number of hydrogen-bond acceptors (Lipinski definition) is 9. The summed E-state index contributed by atoms with van der Waals surface area (Å²) in [6.07, 6.45) is -2.30. The molecule has 0 radical (unpaired) electrons. The van der Waals surface area contributed by atoms with Crippen molar-refractivity contribution in [3.05, 3.63) is 59.2 Å². The number of carbonyl (C=O) groups is 3. The molecule has 2 aromatic rings. The van der Waals surface area contributed by atoms with E-state index in [-0.39, 0.29) is 6.10 Å². The van der Waals surface area contributed by atoms with E-state index in [0.29, 0.717) is 13.2 Å². The third kappa shape index (κ3) is 6.40. The number of ether oxygens (including phenoxy) is 4. The summed E-state index contributed by atoms with van der Waals surface area (Å²) >= 11 is 0. The van der Waals surface area contributed by atoms with E-state index >= 15 is 0 Å². The molecule has 4 N–H and O–H groups in total. The molecule has 1 spiro atoms. The van der Waals surface area contributed by atoms with Crippen LogP contribution in [0.5, 0.6) is 11.5 Å². The van der Waals surface area contributed by atoms with Gasteiger partial charge in [-0.05, 0) is 37.9 Å². The molecule has 2 aliphatic rings. The SMILES string of the molecule is COc1ccc2c(c1)C1(OCC(CN(C)C)O1)c1ccccc1CO2.O=C(O)CC(O)(CC(=O)O)C(=O)O. The Morgan fingerprint density at radius 2 is 1.71 bits per heavy atom. The number of hydrogen-bond donors (Lipinski definition) is 4. The summed E-state index contributed by atoms with van der Waals surface area (Å²) in [5, 5.41) is 33.8. The molecule has 206 valence electrons. The quantitative estimate of drug-likeness (QED) is 0.386. The molecule has 2 atom stereocenters. The highest BCUT2D eigenvalue weighted by Gasteiger charge is 2.49. The number of nitrogens with zero attached hydrogens (tertiary/aromatic N) is 1. The van der Waals surface area contributed by atoms with Crippen LogP contribution in [0, 0.1) is 0 Å². The van der Waals surface area contributed by atoms with Crippen molar-refractivity contribution in [2.75, 3.05) is 34.4 Å². The van der Waals surface area contributed by atoms with Crippen LogP contribution in [0.1, 0.15) is 29.5 Å². The summed E-state index contributed by atoms with van der Waals surface area (Å²) in [5.74, 6) is -4.46.